The molecular formula is C16H30N2O4Si. The van der Waals surface area contributed by atoms with Gasteiger partial charge in [0.1, 0.15) is 0 Å². The van der Waals surface area contributed by atoms with Gasteiger partial charge in [-0.1, -0.05) is 20.8 Å². The molecule has 0 bridgehead atoms. The Morgan fingerprint density at radius 2 is 1.96 bits per heavy atom. The van der Waals surface area contributed by atoms with Crippen LogP contribution in [0, 0.1) is 5.41 Å². The number of piperidine rings is 1. The van der Waals surface area contributed by atoms with E-state index in [1.165, 1.54) is 4.90 Å². The van der Waals surface area contributed by atoms with Crippen LogP contribution in [-0.2, 0) is 9.22 Å². The molecule has 0 aromatic heterocycles. The average Bonchev–Trinajstić information content (AvgIpc) is 2.72. The summed E-state index contributed by atoms with van der Waals surface area (Å²) in [5, 5.41) is 12.3. The monoisotopic (exact) mass is 342 g/mol. The summed E-state index contributed by atoms with van der Waals surface area (Å²) in [5.74, 6) is 0.0753. The zero-order valence-electron chi connectivity index (χ0n) is 14.9. The van der Waals surface area contributed by atoms with Crippen molar-refractivity contribution in [1.82, 2.24) is 10.2 Å². The van der Waals surface area contributed by atoms with Gasteiger partial charge in [0.15, 0.2) is 8.32 Å². The van der Waals surface area contributed by atoms with Crippen LogP contribution in [0.15, 0.2) is 0 Å². The average molecular weight is 343 g/mol. The third-order valence-electron chi connectivity index (χ3n) is 5.90. The molecule has 2 amide bonds. The molecule has 2 aliphatic heterocycles. The molecule has 23 heavy (non-hydrogen) atoms. The third-order valence-corrected chi connectivity index (χ3v) is 10.4. The molecule has 0 aliphatic carbocycles. The van der Waals surface area contributed by atoms with Crippen LogP contribution in [0.1, 0.15) is 40.0 Å². The summed E-state index contributed by atoms with van der Waals surface area (Å²) in [4.78, 5) is 24.9. The predicted octanol–water partition coefficient (Wildman–Crippen LogP) is 2.66. The van der Waals surface area contributed by atoms with Crippen LogP contribution < -0.4 is 5.32 Å². The van der Waals surface area contributed by atoms with Crippen molar-refractivity contribution in [2.45, 2.75) is 64.2 Å². The van der Waals surface area contributed by atoms with Gasteiger partial charge in [-0.2, -0.15) is 0 Å². The molecule has 1 atom stereocenters. The summed E-state index contributed by atoms with van der Waals surface area (Å²) < 4.78 is 6.24. The van der Waals surface area contributed by atoms with Crippen LogP contribution in [0.3, 0.4) is 0 Å². The molecule has 6 nitrogen and oxygen atoms in total. The standard InChI is InChI=1S/C16H30N2O4Si/c1-15(2,3)23(4,5)22-11-12-10-16(13(19)17-12)6-8-18(9-7-16)14(20)21/h12H,6-11H2,1-5H3,(H,17,19)(H,20,21). The molecule has 132 valence electrons. The van der Waals surface area contributed by atoms with E-state index in [0.29, 0.717) is 32.5 Å². The van der Waals surface area contributed by atoms with E-state index in [1.54, 1.807) is 0 Å². The van der Waals surface area contributed by atoms with Gasteiger partial charge in [-0.05, 0) is 37.4 Å². The van der Waals surface area contributed by atoms with Gasteiger partial charge in [0.2, 0.25) is 5.91 Å². The molecule has 0 aromatic rings. The van der Waals surface area contributed by atoms with Crippen LogP contribution in [0.2, 0.25) is 18.1 Å². The molecular weight excluding hydrogens is 312 g/mol. The fourth-order valence-corrected chi connectivity index (χ4v) is 4.19. The first-order valence-electron chi connectivity index (χ1n) is 8.40. The van der Waals surface area contributed by atoms with Gasteiger partial charge in [0, 0.05) is 13.1 Å². The minimum atomic E-state index is -1.82. The van der Waals surface area contributed by atoms with Gasteiger partial charge >= 0.3 is 6.09 Å². The quantitative estimate of drug-likeness (QED) is 0.773. The fourth-order valence-electron chi connectivity index (χ4n) is 3.14. The molecule has 1 unspecified atom stereocenters. The maximum atomic E-state index is 12.4. The second-order valence-corrected chi connectivity index (χ2v) is 13.3. The van der Waals surface area contributed by atoms with Crippen LogP contribution in [0.4, 0.5) is 4.79 Å². The zero-order valence-corrected chi connectivity index (χ0v) is 15.9. The van der Waals surface area contributed by atoms with Crippen molar-refractivity contribution in [3.8, 4) is 0 Å². The number of carboxylic acid groups (broad SMARTS) is 1. The number of rotatable bonds is 3. The summed E-state index contributed by atoms with van der Waals surface area (Å²) in [7, 11) is -1.82. The molecule has 2 saturated heterocycles. The third kappa shape index (κ3) is 3.71. The fraction of sp³-hybridized carbons (Fsp3) is 0.875. The van der Waals surface area contributed by atoms with Gasteiger partial charge in [0.05, 0.1) is 18.1 Å². The Morgan fingerprint density at radius 1 is 1.39 bits per heavy atom. The lowest BCUT2D eigenvalue weighted by atomic mass is 9.76. The Kier molecular flexibility index (Phi) is 4.83. The van der Waals surface area contributed by atoms with Crippen molar-refractivity contribution >= 4 is 20.3 Å². The van der Waals surface area contributed by atoms with E-state index < -0.39 is 19.8 Å². The van der Waals surface area contributed by atoms with Crippen molar-refractivity contribution < 1.29 is 19.1 Å². The van der Waals surface area contributed by atoms with E-state index in [-0.39, 0.29) is 17.0 Å². The second-order valence-electron chi connectivity index (χ2n) is 8.50. The first-order chi connectivity index (χ1) is 10.5. The highest BCUT2D eigenvalue weighted by atomic mass is 28.4. The number of likely N-dealkylation sites (tertiary alicyclic amines) is 1. The van der Waals surface area contributed by atoms with Crippen LogP contribution in [-0.4, -0.2) is 56.1 Å². The smallest absolute Gasteiger partial charge is 0.407 e. The molecule has 2 aliphatic rings. The van der Waals surface area contributed by atoms with Gasteiger partial charge in [-0.15, -0.1) is 0 Å². The van der Waals surface area contributed by atoms with Crippen LogP contribution >= 0.6 is 0 Å². The molecule has 0 radical (unpaired) electrons. The Bertz CT molecular complexity index is 479. The minimum absolute atomic E-state index is 0.0491. The molecule has 2 N–H and O–H groups in total. The normalized spacial score (nSPS) is 24.8. The number of hydrogen-bond donors (Lipinski definition) is 2. The van der Waals surface area contributed by atoms with Crippen molar-refractivity contribution in [2.24, 2.45) is 5.41 Å². The molecule has 2 rings (SSSR count). The van der Waals surface area contributed by atoms with E-state index in [9.17, 15) is 9.59 Å². The van der Waals surface area contributed by atoms with Crippen LogP contribution in [0.5, 0.6) is 0 Å². The van der Waals surface area contributed by atoms with Crippen molar-refractivity contribution in [3.63, 3.8) is 0 Å². The zero-order chi connectivity index (χ0) is 17.5. The highest BCUT2D eigenvalue weighted by molar-refractivity contribution is 6.74. The molecule has 1 spiro atoms. The van der Waals surface area contributed by atoms with Gasteiger partial charge < -0.3 is 19.7 Å². The second kappa shape index (κ2) is 6.09. The van der Waals surface area contributed by atoms with Gasteiger partial charge in [-0.3, -0.25) is 4.79 Å². The van der Waals surface area contributed by atoms with E-state index in [0.717, 1.165) is 6.42 Å². The number of carbonyl (C=O) groups is 2. The first-order valence-corrected chi connectivity index (χ1v) is 11.3. The van der Waals surface area contributed by atoms with Gasteiger partial charge in [-0.25, -0.2) is 4.79 Å². The molecule has 7 heteroatoms. The SMILES string of the molecule is CC(C)(C)[Si](C)(C)OCC1CC2(CCN(C(=O)O)CC2)C(=O)N1. The maximum Gasteiger partial charge on any atom is 0.407 e. The minimum Gasteiger partial charge on any atom is -0.465 e. The molecule has 2 fully saturated rings. The number of nitrogens with zero attached hydrogens (tertiary/aromatic N) is 1. The summed E-state index contributed by atoms with van der Waals surface area (Å²) in [6, 6.07) is 0.0491. The first kappa shape index (κ1) is 18.3. The lowest BCUT2D eigenvalue weighted by Crippen LogP contribution is -2.45. The topological polar surface area (TPSA) is 78.9 Å². The Hall–Kier alpha value is -1.08. The van der Waals surface area contributed by atoms with E-state index >= 15 is 0 Å². The number of amides is 2. The lowest BCUT2D eigenvalue weighted by Gasteiger charge is -2.37. The highest BCUT2D eigenvalue weighted by Crippen LogP contribution is 2.41. The summed E-state index contributed by atoms with van der Waals surface area (Å²) >= 11 is 0. The Balaban J connectivity index is 1.92. The van der Waals surface area contributed by atoms with E-state index in [1.807, 2.05) is 0 Å². The number of nitrogens with one attached hydrogen (secondary N) is 1. The summed E-state index contributed by atoms with van der Waals surface area (Å²) in [6.45, 7) is 12.5. The van der Waals surface area contributed by atoms with Crippen molar-refractivity contribution in [1.29, 1.82) is 0 Å². The lowest BCUT2D eigenvalue weighted by molar-refractivity contribution is -0.129. The van der Waals surface area contributed by atoms with E-state index in [2.05, 4.69) is 39.2 Å². The molecule has 0 aromatic carbocycles. The maximum absolute atomic E-state index is 12.4. The summed E-state index contributed by atoms with van der Waals surface area (Å²) in [6.07, 6.45) is 1.09. The Labute approximate surface area is 139 Å². The van der Waals surface area contributed by atoms with E-state index in [4.69, 9.17) is 9.53 Å². The summed E-state index contributed by atoms with van der Waals surface area (Å²) in [5.41, 5.74) is -0.395. The predicted molar refractivity (Wildman–Crippen MR) is 91.0 cm³/mol. The highest BCUT2D eigenvalue weighted by Gasteiger charge is 2.49. The van der Waals surface area contributed by atoms with Crippen molar-refractivity contribution in [2.75, 3.05) is 19.7 Å². The van der Waals surface area contributed by atoms with Gasteiger partial charge in [0.25, 0.3) is 0 Å². The molecule has 2 heterocycles. The number of hydrogen-bond acceptors (Lipinski definition) is 3. The van der Waals surface area contributed by atoms with Crippen molar-refractivity contribution in [3.05, 3.63) is 0 Å². The number of carbonyl (C=O) groups excluding carboxylic acids is 1. The largest absolute Gasteiger partial charge is 0.465 e. The Morgan fingerprint density at radius 3 is 2.43 bits per heavy atom. The van der Waals surface area contributed by atoms with Crippen LogP contribution in [0.25, 0.3) is 0 Å². The molecule has 0 saturated carbocycles.